The summed E-state index contributed by atoms with van der Waals surface area (Å²) in [4.78, 5) is 17.1. The van der Waals surface area contributed by atoms with Crippen LogP contribution in [0.4, 0.5) is 13.2 Å². The molecule has 1 amide bonds. The number of ether oxygens (including phenoxy) is 1. The molecule has 1 N–H and O–H groups in total. The van der Waals surface area contributed by atoms with E-state index in [4.69, 9.17) is 16.3 Å². The van der Waals surface area contributed by atoms with Gasteiger partial charge in [0.05, 0.1) is 0 Å². The maximum atomic E-state index is 14.0. The van der Waals surface area contributed by atoms with Gasteiger partial charge in [-0.2, -0.15) is 8.78 Å². The van der Waals surface area contributed by atoms with Crippen LogP contribution in [0, 0.1) is 5.82 Å². The second-order valence-corrected chi connectivity index (χ2v) is 10.3. The van der Waals surface area contributed by atoms with Crippen LogP contribution in [0.15, 0.2) is 78.0 Å². The Morgan fingerprint density at radius 1 is 1.28 bits per heavy atom. The van der Waals surface area contributed by atoms with Crippen LogP contribution in [-0.2, 0) is 10.5 Å². The first-order valence-electron chi connectivity index (χ1n) is 11.3. The van der Waals surface area contributed by atoms with Crippen molar-refractivity contribution in [3.8, 4) is 5.88 Å². The molecule has 0 fully saturated rings. The van der Waals surface area contributed by atoms with Gasteiger partial charge in [0.1, 0.15) is 5.82 Å². The van der Waals surface area contributed by atoms with Crippen molar-refractivity contribution in [1.82, 2.24) is 10.3 Å². The fourth-order valence-electron chi connectivity index (χ4n) is 3.44. The molecular weight excluding hydrogens is 508 g/mol. The first kappa shape index (κ1) is 29.6. The van der Waals surface area contributed by atoms with E-state index in [1.165, 1.54) is 33.5 Å². The van der Waals surface area contributed by atoms with E-state index in [9.17, 15) is 18.0 Å². The highest BCUT2D eigenvalue weighted by atomic mass is 35.5. The number of nitrogens with zero attached hydrogens (tertiary/aromatic N) is 1. The summed E-state index contributed by atoms with van der Waals surface area (Å²) in [6.07, 6.45) is 6.73. The lowest BCUT2D eigenvalue weighted by Gasteiger charge is -2.31. The van der Waals surface area contributed by atoms with Gasteiger partial charge in [-0.25, -0.2) is 9.37 Å². The Bertz CT molecular complexity index is 1120. The Balaban J connectivity index is 2.24. The van der Waals surface area contributed by atoms with Gasteiger partial charge < -0.3 is 10.1 Å². The topological polar surface area (TPSA) is 51.2 Å². The van der Waals surface area contributed by atoms with Crippen LogP contribution in [0.2, 0.25) is 0 Å². The lowest BCUT2D eigenvalue weighted by Crippen LogP contribution is -2.50. The molecule has 4 nitrogen and oxygen atoms in total. The van der Waals surface area contributed by atoms with Crippen molar-refractivity contribution < 1.29 is 22.7 Å². The van der Waals surface area contributed by atoms with Crippen molar-refractivity contribution in [2.45, 2.75) is 57.3 Å². The Kier molecular flexibility index (Phi) is 10.3. The number of hydrogen-bond donors (Lipinski definition) is 1. The molecule has 0 aliphatic rings. The maximum Gasteiger partial charge on any atom is 0.285 e. The van der Waals surface area contributed by atoms with Crippen LogP contribution >= 0.6 is 20.8 Å². The van der Waals surface area contributed by atoms with Gasteiger partial charge in [-0.3, -0.25) is 4.79 Å². The molecule has 3 atom stereocenters. The number of allylic oxidation sites excluding steroid dienone is 5. The van der Waals surface area contributed by atoms with Crippen LogP contribution < -0.4 is 10.1 Å². The smallest absolute Gasteiger partial charge is 0.285 e. The minimum Gasteiger partial charge on any atom is -0.462 e. The second kappa shape index (κ2) is 12.6. The van der Waals surface area contributed by atoms with Gasteiger partial charge in [-0.15, -0.1) is 0 Å². The van der Waals surface area contributed by atoms with Crippen molar-refractivity contribution >= 4 is 26.7 Å². The Morgan fingerprint density at radius 3 is 2.50 bits per heavy atom. The zero-order chi connectivity index (χ0) is 27.1. The van der Waals surface area contributed by atoms with Crippen molar-refractivity contribution in [3.05, 3.63) is 95.0 Å². The minimum atomic E-state index is -3.11. The van der Waals surface area contributed by atoms with Gasteiger partial charge in [0.2, 0.25) is 5.88 Å². The molecule has 1 aromatic heterocycles. The van der Waals surface area contributed by atoms with Crippen molar-refractivity contribution in [2.75, 3.05) is 0 Å². The number of benzene rings is 1. The van der Waals surface area contributed by atoms with Crippen LogP contribution in [-0.4, -0.2) is 22.5 Å². The molecule has 9 heteroatoms. The number of hydrogen-bond acceptors (Lipinski definition) is 3. The van der Waals surface area contributed by atoms with Crippen LogP contribution in [0.25, 0.3) is 0 Å². The normalized spacial score (nSPS) is 14.7. The van der Waals surface area contributed by atoms with Crippen LogP contribution in [0.1, 0.15) is 51.2 Å². The highest BCUT2D eigenvalue weighted by Gasteiger charge is 2.34. The van der Waals surface area contributed by atoms with E-state index in [2.05, 4.69) is 16.9 Å². The van der Waals surface area contributed by atoms with E-state index in [-0.39, 0.29) is 23.2 Å². The zero-order valence-electron chi connectivity index (χ0n) is 20.7. The summed E-state index contributed by atoms with van der Waals surface area (Å²) >= 11 is 5.95. The first-order chi connectivity index (χ1) is 16.7. The average Bonchev–Trinajstić information content (AvgIpc) is 2.78. The van der Waals surface area contributed by atoms with Crippen molar-refractivity contribution in [3.63, 3.8) is 0 Å². The minimum absolute atomic E-state index is 0.0302. The fourth-order valence-corrected chi connectivity index (χ4v) is 3.68. The molecule has 2 aromatic rings. The average molecular weight is 539 g/mol. The van der Waals surface area contributed by atoms with Crippen LogP contribution in [0.5, 0.6) is 5.88 Å². The van der Waals surface area contributed by atoms with Gasteiger partial charge in [0.15, 0.2) is 5.60 Å². The van der Waals surface area contributed by atoms with Crippen molar-refractivity contribution in [1.29, 1.82) is 0 Å². The molecule has 0 spiro atoms. The van der Waals surface area contributed by atoms with Gasteiger partial charge in [-0.05, 0) is 69.5 Å². The van der Waals surface area contributed by atoms with E-state index in [0.29, 0.717) is 17.0 Å². The highest BCUT2D eigenvalue weighted by Crippen LogP contribution is 2.35. The molecule has 36 heavy (non-hydrogen) atoms. The number of carbonyl (C=O) groups is 1. The number of amides is 1. The van der Waals surface area contributed by atoms with Crippen molar-refractivity contribution in [2.24, 2.45) is 0 Å². The lowest BCUT2D eigenvalue weighted by molar-refractivity contribution is -0.135. The van der Waals surface area contributed by atoms with Gasteiger partial charge in [0, 0.05) is 34.8 Å². The molecule has 2 rings (SSSR count). The number of carbonyl (C=O) groups excluding carboxylic acids is 1. The SMILES string of the molecule is C=C/C(=C\C=C(/C)Cl)CC(c1cccc(F)c1)C(C)NC(=O)C(C)(C)Oc1ccc(C(F)(F)P)cn1. The Hall–Kier alpha value is -2.63. The molecule has 1 heterocycles. The predicted octanol–water partition coefficient (Wildman–Crippen LogP) is 7.24. The molecule has 0 saturated carbocycles. The van der Waals surface area contributed by atoms with E-state index >= 15 is 0 Å². The monoisotopic (exact) mass is 538 g/mol. The largest absolute Gasteiger partial charge is 0.462 e. The van der Waals surface area contributed by atoms with E-state index in [1.807, 2.05) is 13.0 Å². The molecule has 0 aliphatic heterocycles. The Morgan fingerprint density at radius 2 is 1.97 bits per heavy atom. The number of halogens is 4. The third kappa shape index (κ3) is 8.79. The van der Waals surface area contributed by atoms with Gasteiger partial charge >= 0.3 is 0 Å². The first-order valence-corrected chi connectivity index (χ1v) is 12.2. The van der Waals surface area contributed by atoms with Gasteiger partial charge in [-0.1, -0.05) is 51.7 Å². The number of pyridine rings is 1. The number of rotatable bonds is 11. The number of nitrogens with one attached hydrogen (secondary N) is 1. The Labute approximate surface area is 217 Å². The quantitative estimate of drug-likeness (QED) is 0.242. The number of aromatic nitrogens is 1. The highest BCUT2D eigenvalue weighted by molar-refractivity contribution is 7.17. The maximum absolute atomic E-state index is 14.0. The standard InChI is InChI=1S/C27H31ClF3N2O2P/c1-6-19(11-10-17(2)28)14-23(20-8-7-9-22(29)15-20)18(3)33-25(34)26(4,5)35-24-13-12-21(16-32-24)27(30,31)36/h6-13,15-16,18,23H,1,14,36H2,2-5H3,(H,33,34)/b17-10+,19-11+. The summed E-state index contributed by atoms with van der Waals surface area (Å²) < 4.78 is 46.6. The van der Waals surface area contributed by atoms with E-state index < -0.39 is 23.2 Å². The van der Waals surface area contributed by atoms with Gasteiger partial charge in [0.25, 0.3) is 11.6 Å². The lowest BCUT2D eigenvalue weighted by atomic mass is 9.85. The molecule has 3 unspecified atom stereocenters. The molecule has 0 bridgehead atoms. The third-order valence-electron chi connectivity index (χ3n) is 5.51. The molecule has 0 aliphatic carbocycles. The second-order valence-electron chi connectivity index (χ2n) is 8.95. The molecule has 0 saturated heterocycles. The molecule has 1 aromatic carbocycles. The third-order valence-corrected chi connectivity index (χ3v) is 5.97. The van der Waals surface area contributed by atoms with E-state index in [1.54, 1.807) is 45.1 Å². The molecule has 194 valence electrons. The summed E-state index contributed by atoms with van der Waals surface area (Å²) in [6, 6.07) is 8.25. The van der Waals surface area contributed by atoms with Crippen LogP contribution in [0.3, 0.4) is 0 Å². The number of alkyl halides is 2. The van der Waals surface area contributed by atoms with E-state index in [0.717, 1.165) is 11.8 Å². The fraction of sp³-hybridized carbons (Fsp3) is 0.333. The summed E-state index contributed by atoms with van der Waals surface area (Å²) in [5.41, 5.74) is -3.21. The zero-order valence-corrected chi connectivity index (χ0v) is 22.6. The molecule has 0 radical (unpaired) electrons. The summed E-state index contributed by atoms with van der Waals surface area (Å²) in [7, 11) is 1.44. The molecular formula is C27H31ClF3N2O2P. The summed E-state index contributed by atoms with van der Waals surface area (Å²) in [5.74, 6) is -1.09. The summed E-state index contributed by atoms with van der Waals surface area (Å²) in [6.45, 7) is 10.5. The summed E-state index contributed by atoms with van der Waals surface area (Å²) in [5, 5.41) is 3.55. The predicted molar refractivity (Wildman–Crippen MR) is 142 cm³/mol.